The van der Waals surface area contributed by atoms with Crippen LogP contribution in [-0.2, 0) is 0 Å². The van der Waals surface area contributed by atoms with Gasteiger partial charge in [-0.1, -0.05) is 6.92 Å². The summed E-state index contributed by atoms with van der Waals surface area (Å²) in [5, 5.41) is 14.4. The molecule has 1 aromatic rings. The SMILES string of the molecule is CC1CCCN(C(=S)Nc2ccc([N+](=O)[O-])cc2)C1. The Kier molecular flexibility index (Phi) is 4.31. The van der Waals surface area contributed by atoms with E-state index in [-0.39, 0.29) is 5.69 Å². The van der Waals surface area contributed by atoms with Crippen molar-refractivity contribution in [2.45, 2.75) is 19.8 Å². The molecular formula is C13H17N3O2S. The Morgan fingerprint density at radius 2 is 2.16 bits per heavy atom. The van der Waals surface area contributed by atoms with E-state index in [4.69, 9.17) is 12.2 Å². The molecule has 0 spiro atoms. The number of nitrogens with zero attached hydrogens (tertiary/aromatic N) is 2. The molecule has 1 atom stereocenters. The van der Waals surface area contributed by atoms with Crippen LogP contribution >= 0.6 is 12.2 Å². The molecule has 1 saturated heterocycles. The summed E-state index contributed by atoms with van der Waals surface area (Å²) in [6, 6.07) is 6.31. The fourth-order valence-corrected chi connectivity index (χ4v) is 2.53. The van der Waals surface area contributed by atoms with Crippen molar-refractivity contribution in [3.63, 3.8) is 0 Å². The van der Waals surface area contributed by atoms with Gasteiger partial charge in [-0.3, -0.25) is 10.1 Å². The van der Waals surface area contributed by atoms with E-state index in [1.807, 2.05) is 0 Å². The molecule has 0 radical (unpaired) electrons. The van der Waals surface area contributed by atoms with Crippen LogP contribution in [0.4, 0.5) is 11.4 Å². The number of nitrogens with one attached hydrogen (secondary N) is 1. The van der Waals surface area contributed by atoms with Crippen molar-refractivity contribution in [2.24, 2.45) is 5.92 Å². The zero-order chi connectivity index (χ0) is 13.8. The standard InChI is InChI=1S/C13H17N3O2S/c1-10-3-2-8-15(9-10)13(19)14-11-4-6-12(7-5-11)16(17)18/h4-7,10H,2-3,8-9H2,1H3,(H,14,19). The maximum Gasteiger partial charge on any atom is 0.269 e. The van der Waals surface area contributed by atoms with Gasteiger partial charge in [-0.25, -0.2) is 0 Å². The van der Waals surface area contributed by atoms with Gasteiger partial charge in [-0.2, -0.15) is 0 Å². The van der Waals surface area contributed by atoms with Crippen molar-refractivity contribution < 1.29 is 4.92 Å². The van der Waals surface area contributed by atoms with Gasteiger partial charge in [0.15, 0.2) is 5.11 Å². The molecule has 1 heterocycles. The van der Waals surface area contributed by atoms with Crippen LogP contribution in [-0.4, -0.2) is 28.0 Å². The molecule has 0 aliphatic carbocycles. The van der Waals surface area contributed by atoms with Crippen LogP contribution in [0.25, 0.3) is 0 Å². The third-order valence-corrected chi connectivity index (χ3v) is 3.63. The largest absolute Gasteiger partial charge is 0.349 e. The summed E-state index contributed by atoms with van der Waals surface area (Å²) >= 11 is 5.37. The number of hydrogen-bond donors (Lipinski definition) is 1. The summed E-state index contributed by atoms with van der Waals surface area (Å²) in [6.07, 6.45) is 2.40. The topological polar surface area (TPSA) is 58.4 Å². The molecule has 102 valence electrons. The number of hydrogen-bond acceptors (Lipinski definition) is 3. The molecule has 1 aliphatic rings. The molecule has 0 bridgehead atoms. The first kappa shape index (κ1) is 13.7. The predicted octanol–water partition coefficient (Wildman–Crippen LogP) is 3.02. The van der Waals surface area contributed by atoms with Gasteiger partial charge in [-0.15, -0.1) is 0 Å². The highest BCUT2D eigenvalue weighted by atomic mass is 32.1. The van der Waals surface area contributed by atoms with Crippen molar-refractivity contribution in [2.75, 3.05) is 18.4 Å². The van der Waals surface area contributed by atoms with E-state index >= 15 is 0 Å². The normalized spacial score (nSPS) is 19.0. The molecule has 0 saturated carbocycles. The average Bonchev–Trinajstić information content (AvgIpc) is 2.39. The zero-order valence-electron chi connectivity index (χ0n) is 10.8. The first-order valence-electron chi connectivity index (χ1n) is 6.36. The summed E-state index contributed by atoms with van der Waals surface area (Å²) in [7, 11) is 0. The number of piperidine rings is 1. The van der Waals surface area contributed by atoms with Gasteiger partial charge in [0.1, 0.15) is 0 Å². The maximum absolute atomic E-state index is 10.6. The van der Waals surface area contributed by atoms with E-state index in [2.05, 4.69) is 17.1 Å². The van der Waals surface area contributed by atoms with Crippen molar-refractivity contribution in [1.82, 2.24) is 4.90 Å². The monoisotopic (exact) mass is 279 g/mol. The number of nitro groups is 1. The van der Waals surface area contributed by atoms with Crippen LogP contribution in [0.5, 0.6) is 0 Å². The first-order valence-corrected chi connectivity index (χ1v) is 6.77. The highest BCUT2D eigenvalue weighted by Gasteiger charge is 2.18. The lowest BCUT2D eigenvalue weighted by atomic mass is 10.0. The summed E-state index contributed by atoms with van der Waals surface area (Å²) in [6.45, 7) is 4.17. The molecule has 1 unspecified atom stereocenters. The summed E-state index contributed by atoms with van der Waals surface area (Å²) in [5.41, 5.74) is 0.872. The second-order valence-corrected chi connectivity index (χ2v) is 5.31. The highest BCUT2D eigenvalue weighted by Crippen LogP contribution is 2.19. The van der Waals surface area contributed by atoms with Crippen molar-refractivity contribution in [3.8, 4) is 0 Å². The maximum atomic E-state index is 10.6. The second-order valence-electron chi connectivity index (χ2n) is 4.93. The molecule has 0 aromatic heterocycles. The second kappa shape index (κ2) is 5.97. The molecule has 2 rings (SSSR count). The Labute approximate surface area is 117 Å². The lowest BCUT2D eigenvalue weighted by molar-refractivity contribution is -0.384. The molecule has 1 N–H and O–H groups in total. The van der Waals surface area contributed by atoms with Crippen LogP contribution in [0, 0.1) is 16.0 Å². The fraction of sp³-hybridized carbons (Fsp3) is 0.462. The average molecular weight is 279 g/mol. The number of thiocarbonyl (C=S) groups is 1. The highest BCUT2D eigenvalue weighted by molar-refractivity contribution is 7.80. The molecular weight excluding hydrogens is 262 g/mol. The molecule has 1 aromatic carbocycles. The number of benzene rings is 1. The molecule has 19 heavy (non-hydrogen) atoms. The quantitative estimate of drug-likeness (QED) is 0.512. The predicted molar refractivity (Wildman–Crippen MR) is 79.3 cm³/mol. The Morgan fingerprint density at radius 1 is 1.47 bits per heavy atom. The number of non-ortho nitro benzene ring substituents is 1. The minimum Gasteiger partial charge on any atom is -0.349 e. The molecule has 6 heteroatoms. The third kappa shape index (κ3) is 3.64. The molecule has 1 aliphatic heterocycles. The van der Waals surface area contributed by atoms with Gasteiger partial charge in [0.2, 0.25) is 0 Å². The van der Waals surface area contributed by atoms with Gasteiger partial charge >= 0.3 is 0 Å². The molecule has 0 amide bonds. The molecule has 5 nitrogen and oxygen atoms in total. The van der Waals surface area contributed by atoms with E-state index in [1.54, 1.807) is 12.1 Å². The Morgan fingerprint density at radius 3 is 2.74 bits per heavy atom. The van der Waals surface area contributed by atoms with E-state index < -0.39 is 4.92 Å². The Hall–Kier alpha value is -1.69. The van der Waals surface area contributed by atoms with Gasteiger partial charge in [0.25, 0.3) is 5.69 Å². The van der Waals surface area contributed by atoms with E-state index in [0.717, 1.165) is 25.2 Å². The Balaban J connectivity index is 1.96. The van der Waals surface area contributed by atoms with Crippen molar-refractivity contribution >= 4 is 28.7 Å². The van der Waals surface area contributed by atoms with Gasteiger partial charge in [0, 0.05) is 30.9 Å². The van der Waals surface area contributed by atoms with Crippen LogP contribution in [0.15, 0.2) is 24.3 Å². The van der Waals surface area contributed by atoms with E-state index in [1.165, 1.54) is 18.6 Å². The van der Waals surface area contributed by atoms with Crippen LogP contribution in [0.3, 0.4) is 0 Å². The van der Waals surface area contributed by atoms with E-state index in [9.17, 15) is 10.1 Å². The lowest BCUT2D eigenvalue weighted by Gasteiger charge is -2.33. The third-order valence-electron chi connectivity index (χ3n) is 3.27. The van der Waals surface area contributed by atoms with Crippen LogP contribution in [0.2, 0.25) is 0 Å². The van der Waals surface area contributed by atoms with E-state index in [0.29, 0.717) is 11.0 Å². The number of rotatable bonds is 2. The summed E-state index contributed by atoms with van der Waals surface area (Å²) < 4.78 is 0. The van der Waals surface area contributed by atoms with Crippen LogP contribution < -0.4 is 5.32 Å². The smallest absolute Gasteiger partial charge is 0.269 e. The first-order chi connectivity index (χ1) is 9.06. The van der Waals surface area contributed by atoms with Crippen molar-refractivity contribution in [3.05, 3.63) is 34.4 Å². The number of nitro benzene ring substituents is 1. The number of likely N-dealkylation sites (tertiary alicyclic amines) is 1. The van der Waals surface area contributed by atoms with Crippen LogP contribution in [0.1, 0.15) is 19.8 Å². The van der Waals surface area contributed by atoms with Gasteiger partial charge in [-0.05, 0) is 43.1 Å². The van der Waals surface area contributed by atoms with Gasteiger partial charge < -0.3 is 10.2 Å². The zero-order valence-corrected chi connectivity index (χ0v) is 11.7. The molecule has 1 fully saturated rings. The summed E-state index contributed by atoms with van der Waals surface area (Å²) in [4.78, 5) is 12.3. The summed E-state index contributed by atoms with van der Waals surface area (Å²) in [5.74, 6) is 0.658. The number of anilines is 1. The van der Waals surface area contributed by atoms with Crippen molar-refractivity contribution in [1.29, 1.82) is 0 Å². The minimum absolute atomic E-state index is 0.0862. The minimum atomic E-state index is -0.408. The Bertz CT molecular complexity index is 475. The van der Waals surface area contributed by atoms with Gasteiger partial charge in [0.05, 0.1) is 4.92 Å². The lowest BCUT2D eigenvalue weighted by Crippen LogP contribution is -2.41. The fourth-order valence-electron chi connectivity index (χ4n) is 2.24.